The molecule has 0 spiro atoms. The second kappa shape index (κ2) is 21.5. The van der Waals surface area contributed by atoms with E-state index in [4.69, 9.17) is 0 Å². The van der Waals surface area contributed by atoms with Gasteiger partial charge < -0.3 is 14.9 Å². The summed E-state index contributed by atoms with van der Waals surface area (Å²) in [6.07, 6.45) is -0.423. The predicted octanol–water partition coefficient (Wildman–Crippen LogP) is 15.5. The van der Waals surface area contributed by atoms with Crippen LogP contribution in [0, 0.1) is 20.8 Å². The van der Waals surface area contributed by atoms with E-state index in [0.29, 0.717) is 48.4 Å². The average molecular weight is 905 g/mol. The molecule has 2 aromatic rings. The molecule has 0 radical (unpaired) electrons. The molecule has 324 valence electrons. The Kier molecular flexibility index (Phi) is 19.6. The van der Waals surface area contributed by atoms with Gasteiger partial charge in [0.25, 0.3) is 0 Å². The zero-order valence-electron chi connectivity index (χ0n) is 32.6. The van der Waals surface area contributed by atoms with Gasteiger partial charge in [-0.15, -0.1) is 0 Å². The second-order valence-corrected chi connectivity index (χ2v) is 20.8. The fraction of sp³-hybridized carbons (Fsp3) is 0.619. The Bertz CT molecular complexity index is 1390. The molecule has 2 aromatic carbocycles. The van der Waals surface area contributed by atoms with Gasteiger partial charge in [-0.2, -0.15) is 52.7 Å². The molecule has 0 aromatic heterocycles. The maximum Gasteiger partial charge on any atom is 2.00 e. The minimum Gasteiger partial charge on any atom is -0.358 e. The number of alkyl halides is 12. The molecule has 0 aliphatic heterocycles. The van der Waals surface area contributed by atoms with Crippen LogP contribution in [-0.4, -0.2) is 22.6 Å². The molecular formula is C42H54F12FeP2. The molecule has 0 nitrogen and oxygen atoms in total. The van der Waals surface area contributed by atoms with Crippen molar-refractivity contribution < 1.29 is 69.8 Å². The third kappa shape index (κ3) is 13.6. The summed E-state index contributed by atoms with van der Waals surface area (Å²) in [6.45, 7) is 2.09. The van der Waals surface area contributed by atoms with E-state index in [2.05, 4.69) is 19.1 Å². The maximum atomic E-state index is 14.1. The molecule has 2 unspecified atom stereocenters. The average Bonchev–Trinajstić information content (AvgIpc) is 3.84. The van der Waals surface area contributed by atoms with E-state index >= 15 is 0 Å². The smallest absolute Gasteiger partial charge is 0.358 e. The number of hydrogen-bond donors (Lipinski definition) is 0. The van der Waals surface area contributed by atoms with Gasteiger partial charge in [0.05, 0.1) is 22.3 Å². The fourth-order valence-corrected chi connectivity index (χ4v) is 17.3. The molecule has 4 aliphatic rings. The first-order chi connectivity index (χ1) is 25.2. The van der Waals surface area contributed by atoms with Crippen LogP contribution in [0.5, 0.6) is 0 Å². The fourth-order valence-electron chi connectivity index (χ4n) is 9.07. The summed E-state index contributed by atoms with van der Waals surface area (Å²) in [7, 11) is -3.19. The molecular weight excluding hydrogens is 850 g/mol. The summed E-state index contributed by atoms with van der Waals surface area (Å²) >= 11 is 0. The Hall–Kier alpha value is -1.28. The maximum absolute atomic E-state index is 14.1. The van der Waals surface area contributed by atoms with E-state index in [1.54, 1.807) is 0 Å². The van der Waals surface area contributed by atoms with Crippen molar-refractivity contribution in [2.45, 2.75) is 157 Å². The molecule has 0 amide bonds. The third-order valence-corrected chi connectivity index (χ3v) is 18.5. The van der Waals surface area contributed by atoms with Crippen molar-refractivity contribution in [2.24, 2.45) is 5.92 Å². The number of rotatable bonds is 7. The molecule has 3 atom stereocenters. The normalized spacial score (nSPS) is 21.7. The standard InChI is InChI=1S/C35H40F12P2.C5H8.2CH3.Fe/c1-21(48(26-9-4-2-5-10-26)27-11-6-3-7-12-27)30-13-8-14-31(30)49(28-17-22(32(36,37)38)15-23(18-28)33(39,40)41)29-19-24(34(42,43)44)16-25(20-29)35(45,46)47;1-2-4-5-3-1;;;/h15-21,26-27,30-31H,2-14H2,1H3;1-2H,3-5H2;2*1H3;/q;;2*-1;+2/t21-,30?,31?;;;;/m1..../s1. The second-order valence-electron chi connectivity index (χ2n) is 15.2. The van der Waals surface area contributed by atoms with Gasteiger partial charge in [-0.05, 0) is 141 Å². The Morgan fingerprint density at radius 2 is 0.825 bits per heavy atom. The third-order valence-electron chi connectivity index (χ3n) is 11.6. The van der Waals surface area contributed by atoms with Crippen molar-refractivity contribution in [3.63, 3.8) is 0 Å². The van der Waals surface area contributed by atoms with E-state index in [-0.39, 0.29) is 62.1 Å². The van der Waals surface area contributed by atoms with Gasteiger partial charge in [-0.1, -0.05) is 71.9 Å². The van der Waals surface area contributed by atoms with Crippen LogP contribution in [0.2, 0.25) is 0 Å². The van der Waals surface area contributed by atoms with Gasteiger partial charge in [-0.3, -0.25) is 0 Å². The van der Waals surface area contributed by atoms with E-state index in [1.807, 2.05) is 0 Å². The van der Waals surface area contributed by atoms with Gasteiger partial charge in [0, 0.05) is 0 Å². The Balaban J connectivity index is 0.00000130. The van der Waals surface area contributed by atoms with Crippen molar-refractivity contribution >= 4 is 26.5 Å². The number of halogens is 12. The Morgan fingerprint density at radius 1 is 0.474 bits per heavy atom. The molecule has 57 heavy (non-hydrogen) atoms. The predicted molar refractivity (Wildman–Crippen MR) is 206 cm³/mol. The molecule has 0 bridgehead atoms. The van der Waals surface area contributed by atoms with Crippen molar-refractivity contribution in [1.29, 1.82) is 0 Å². The van der Waals surface area contributed by atoms with E-state index in [1.165, 1.54) is 19.3 Å². The molecule has 3 saturated carbocycles. The minimum absolute atomic E-state index is 0. The van der Waals surface area contributed by atoms with Crippen LogP contribution >= 0.6 is 15.8 Å². The summed E-state index contributed by atoms with van der Waals surface area (Å²) in [4.78, 5) is 0. The quantitative estimate of drug-likeness (QED) is 0.0854. The Morgan fingerprint density at radius 3 is 1.12 bits per heavy atom. The summed E-state index contributed by atoms with van der Waals surface area (Å²) in [5.74, 6) is -0.270. The Labute approximate surface area is 343 Å². The summed E-state index contributed by atoms with van der Waals surface area (Å²) in [5.41, 5.74) is -6.38. The minimum atomic E-state index is -5.24. The summed E-state index contributed by atoms with van der Waals surface area (Å²) in [5, 5.41) is -1.01. The summed E-state index contributed by atoms with van der Waals surface area (Å²) in [6, 6.07) is 1.95. The van der Waals surface area contributed by atoms with Crippen LogP contribution in [0.1, 0.15) is 132 Å². The van der Waals surface area contributed by atoms with Crippen LogP contribution < -0.4 is 10.6 Å². The van der Waals surface area contributed by atoms with Crippen LogP contribution in [-0.2, 0) is 41.8 Å². The first-order valence-electron chi connectivity index (χ1n) is 19.1. The van der Waals surface area contributed by atoms with Crippen LogP contribution in [0.4, 0.5) is 52.7 Å². The summed E-state index contributed by atoms with van der Waals surface area (Å²) < 4.78 is 169. The van der Waals surface area contributed by atoms with E-state index in [9.17, 15) is 52.7 Å². The van der Waals surface area contributed by atoms with Crippen molar-refractivity contribution in [2.75, 3.05) is 0 Å². The number of allylic oxidation sites excluding steroid dienone is 2. The molecule has 0 N–H and O–H groups in total. The SMILES string of the molecule is C1=CCCC1.C[C@H](C1CCCC1P(c1cc(C(F)(F)F)cc(C(F)(F)F)c1)c1cc(C(F)(F)F)cc(C(F)(F)F)c1)P(C1CCCCC1)C1CCCCC1.[CH3-].[CH3-].[Fe+2]. The number of benzene rings is 2. The topological polar surface area (TPSA) is 0 Å². The van der Waals surface area contributed by atoms with E-state index < -0.39 is 79.1 Å². The monoisotopic (exact) mass is 904 g/mol. The molecule has 15 heteroatoms. The zero-order valence-corrected chi connectivity index (χ0v) is 35.5. The van der Waals surface area contributed by atoms with Crippen LogP contribution in [0.25, 0.3) is 0 Å². The van der Waals surface area contributed by atoms with Crippen molar-refractivity contribution in [3.8, 4) is 0 Å². The van der Waals surface area contributed by atoms with Gasteiger partial charge >= 0.3 is 41.8 Å². The van der Waals surface area contributed by atoms with E-state index in [0.717, 1.165) is 64.2 Å². The van der Waals surface area contributed by atoms with Crippen LogP contribution in [0.15, 0.2) is 48.6 Å². The molecule has 0 saturated heterocycles. The van der Waals surface area contributed by atoms with Gasteiger partial charge in [0.15, 0.2) is 0 Å². The molecule has 6 rings (SSSR count). The first kappa shape index (κ1) is 51.9. The molecule has 0 heterocycles. The van der Waals surface area contributed by atoms with Gasteiger partial charge in [0.1, 0.15) is 0 Å². The van der Waals surface area contributed by atoms with Crippen molar-refractivity contribution in [1.82, 2.24) is 0 Å². The largest absolute Gasteiger partial charge is 2.00 e. The van der Waals surface area contributed by atoms with Crippen LogP contribution in [0.3, 0.4) is 0 Å². The van der Waals surface area contributed by atoms with Gasteiger partial charge in [0.2, 0.25) is 0 Å². The zero-order chi connectivity index (χ0) is 39.5. The molecule has 3 fully saturated rings. The molecule has 4 aliphatic carbocycles. The first-order valence-corrected chi connectivity index (χ1v) is 22.0. The van der Waals surface area contributed by atoms with Gasteiger partial charge in [-0.25, -0.2) is 0 Å². The number of hydrogen-bond acceptors (Lipinski definition) is 0. The van der Waals surface area contributed by atoms with Crippen molar-refractivity contribution in [3.05, 3.63) is 85.7 Å².